The number of esters is 1. The number of nitrogens with one attached hydrogen (secondary N) is 1. The Hall–Kier alpha value is -3.35. The third-order valence-corrected chi connectivity index (χ3v) is 4.78. The van der Waals surface area contributed by atoms with Crippen LogP contribution in [0.5, 0.6) is 5.75 Å². The Balaban J connectivity index is 1.51. The summed E-state index contributed by atoms with van der Waals surface area (Å²) in [5, 5.41) is 2.18. The SMILES string of the molecule is COc1ccccc1C(=O)NC(=O)COC(=O)/C=C/c1cc(C)n(C2CC2)c1C. The summed E-state index contributed by atoms with van der Waals surface area (Å²) in [5.74, 6) is -1.64. The molecule has 0 radical (unpaired) electrons. The zero-order valence-electron chi connectivity index (χ0n) is 16.7. The minimum absolute atomic E-state index is 0.223. The van der Waals surface area contributed by atoms with Crippen LogP contribution >= 0.6 is 0 Å². The monoisotopic (exact) mass is 396 g/mol. The van der Waals surface area contributed by atoms with E-state index in [1.54, 1.807) is 24.3 Å². The van der Waals surface area contributed by atoms with Gasteiger partial charge < -0.3 is 14.0 Å². The quantitative estimate of drug-likeness (QED) is 0.574. The molecule has 0 bridgehead atoms. The van der Waals surface area contributed by atoms with Crippen molar-refractivity contribution >= 4 is 23.9 Å². The number of hydrogen-bond donors (Lipinski definition) is 1. The van der Waals surface area contributed by atoms with Crippen molar-refractivity contribution in [1.82, 2.24) is 9.88 Å². The number of ether oxygens (including phenoxy) is 2. The Kier molecular flexibility index (Phi) is 6.16. The molecule has 152 valence electrons. The number of carbonyl (C=O) groups excluding carboxylic acids is 3. The fourth-order valence-corrected chi connectivity index (χ4v) is 3.27. The number of carbonyl (C=O) groups is 3. The summed E-state index contributed by atoms with van der Waals surface area (Å²) in [4.78, 5) is 36.0. The molecule has 1 saturated carbocycles. The molecule has 1 N–H and O–H groups in total. The average molecular weight is 396 g/mol. The first-order valence-corrected chi connectivity index (χ1v) is 9.41. The van der Waals surface area contributed by atoms with Gasteiger partial charge in [0.1, 0.15) is 5.75 Å². The van der Waals surface area contributed by atoms with Crippen LogP contribution in [0.15, 0.2) is 36.4 Å². The number of para-hydroxylation sites is 1. The van der Waals surface area contributed by atoms with Crippen LogP contribution in [0.4, 0.5) is 0 Å². The summed E-state index contributed by atoms with van der Waals surface area (Å²) in [6.45, 7) is 3.52. The largest absolute Gasteiger partial charge is 0.496 e. The third kappa shape index (κ3) is 4.93. The maximum absolute atomic E-state index is 12.2. The summed E-state index contributed by atoms with van der Waals surface area (Å²) < 4.78 is 12.3. The lowest BCUT2D eigenvalue weighted by atomic mass is 10.2. The van der Waals surface area contributed by atoms with Gasteiger partial charge in [-0.25, -0.2) is 4.79 Å². The number of nitrogens with zero attached hydrogens (tertiary/aromatic N) is 1. The summed E-state index contributed by atoms with van der Waals surface area (Å²) in [6.07, 6.45) is 5.34. The van der Waals surface area contributed by atoms with Gasteiger partial charge in [0.2, 0.25) is 0 Å². The van der Waals surface area contributed by atoms with Crippen LogP contribution in [0, 0.1) is 13.8 Å². The Morgan fingerprint density at radius 1 is 1.21 bits per heavy atom. The average Bonchev–Trinajstić information content (AvgIpc) is 3.49. The molecular formula is C22H24N2O5. The predicted octanol–water partition coefficient (Wildman–Crippen LogP) is 2.96. The molecular weight excluding hydrogens is 372 g/mol. The second-order valence-electron chi connectivity index (χ2n) is 6.95. The number of aromatic nitrogens is 1. The molecule has 1 aromatic carbocycles. The van der Waals surface area contributed by atoms with Crippen molar-refractivity contribution in [3.63, 3.8) is 0 Å². The molecule has 7 nitrogen and oxygen atoms in total. The van der Waals surface area contributed by atoms with Gasteiger partial charge >= 0.3 is 5.97 Å². The van der Waals surface area contributed by atoms with Crippen molar-refractivity contribution in [2.45, 2.75) is 32.7 Å². The summed E-state index contributed by atoms with van der Waals surface area (Å²) in [5.41, 5.74) is 3.43. The zero-order valence-corrected chi connectivity index (χ0v) is 16.7. The van der Waals surface area contributed by atoms with Gasteiger partial charge in [-0.15, -0.1) is 0 Å². The second kappa shape index (κ2) is 8.77. The lowest BCUT2D eigenvalue weighted by Crippen LogP contribution is -2.34. The number of rotatable bonds is 7. The van der Waals surface area contributed by atoms with Crippen molar-refractivity contribution in [1.29, 1.82) is 0 Å². The molecule has 0 aliphatic heterocycles. The summed E-state index contributed by atoms with van der Waals surface area (Å²) in [7, 11) is 1.43. The van der Waals surface area contributed by atoms with Crippen LogP contribution in [-0.2, 0) is 14.3 Å². The molecule has 3 rings (SSSR count). The van der Waals surface area contributed by atoms with Crippen LogP contribution in [0.25, 0.3) is 6.08 Å². The van der Waals surface area contributed by atoms with Crippen LogP contribution in [0.3, 0.4) is 0 Å². The van der Waals surface area contributed by atoms with Crippen LogP contribution in [0.1, 0.15) is 46.2 Å². The van der Waals surface area contributed by atoms with Gasteiger partial charge in [0, 0.05) is 23.5 Å². The lowest BCUT2D eigenvalue weighted by Gasteiger charge is -2.08. The molecule has 1 aliphatic rings. The van der Waals surface area contributed by atoms with Crippen molar-refractivity contribution in [2.75, 3.05) is 13.7 Å². The molecule has 1 aliphatic carbocycles. The lowest BCUT2D eigenvalue weighted by molar-refractivity contribution is -0.143. The van der Waals surface area contributed by atoms with Gasteiger partial charge in [-0.05, 0) is 56.5 Å². The van der Waals surface area contributed by atoms with E-state index >= 15 is 0 Å². The minimum Gasteiger partial charge on any atom is -0.496 e. The topological polar surface area (TPSA) is 86.6 Å². The van der Waals surface area contributed by atoms with Gasteiger partial charge in [-0.2, -0.15) is 0 Å². The highest BCUT2D eigenvalue weighted by atomic mass is 16.5. The van der Waals surface area contributed by atoms with Crippen molar-refractivity contribution in [2.24, 2.45) is 0 Å². The number of methoxy groups -OCH3 is 1. The first kappa shape index (κ1) is 20.4. The molecule has 29 heavy (non-hydrogen) atoms. The highest BCUT2D eigenvalue weighted by Gasteiger charge is 2.26. The van der Waals surface area contributed by atoms with E-state index in [1.807, 2.05) is 19.9 Å². The standard InChI is InChI=1S/C22H24N2O5/c1-14-12-16(15(2)24(14)17-9-10-17)8-11-21(26)29-13-20(25)23-22(27)18-6-4-5-7-19(18)28-3/h4-8,11-12,17H,9-10,13H2,1-3H3,(H,23,25,27)/b11-8+. The summed E-state index contributed by atoms with van der Waals surface area (Å²) in [6, 6.07) is 9.11. The number of aryl methyl sites for hydroxylation is 1. The van der Waals surface area contributed by atoms with Gasteiger partial charge in [-0.1, -0.05) is 12.1 Å². The zero-order chi connectivity index (χ0) is 21.0. The Bertz CT molecular complexity index is 970. The molecule has 0 saturated heterocycles. The second-order valence-corrected chi connectivity index (χ2v) is 6.95. The van der Waals surface area contributed by atoms with Crippen LogP contribution in [0.2, 0.25) is 0 Å². The fourth-order valence-electron chi connectivity index (χ4n) is 3.27. The minimum atomic E-state index is -0.713. The van der Waals surface area contributed by atoms with E-state index in [1.165, 1.54) is 32.1 Å². The first-order valence-electron chi connectivity index (χ1n) is 9.41. The van der Waals surface area contributed by atoms with Gasteiger partial charge in [0.25, 0.3) is 11.8 Å². The molecule has 1 heterocycles. The number of imide groups is 1. The Labute approximate surface area is 169 Å². The van der Waals surface area contributed by atoms with Gasteiger partial charge in [-0.3, -0.25) is 14.9 Å². The van der Waals surface area contributed by atoms with Crippen molar-refractivity contribution in [3.05, 3.63) is 58.9 Å². The van der Waals surface area contributed by atoms with E-state index in [9.17, 15) is 14.4 Å². The Morgan fingerprint density at radius 3 is 2.62 bits per heavy atom. The fraction of sp³-hybridized carbons (Fsp3) is 0.318. The first-order chi connectivity index (χ1) is 13.9. The third-order valence-electron chi connectivity index (χ3n) is 4.78. The number of hydrogen-bond acceptors (Lipinski definition) is 5. The van der Waals surface area contributed by atoms with Gasteiger partial charge in [0.15, 0.2) is 6.61 Å². The number of amides is 2. The van der Waals surface area contributed by atoms with Gasteiger partial charge in [0.05, 0.1) is 12.7 Å². The van der Waals surface area contributed by atoms with E-state index in [-0.39, 0.29) is 5.56 Å². The molecule has 2 aromatic rings. The molecule has 2 amide bonds. The summed E-state index contributed by atoms with van der Waals surface area (Å²) >= 11 is 0. The Morgan fingerprint density at radius 2 is 1.93 bits per heavy atom. The van der Waals surface area contributed by atoms with E-state index in [0.717, 1.165) is 17.0 Å². The van der Waals surface area contributed by atoms with E-state index < -0.39 is 24.4 Å². The highest BCUT2D eigenvalue weighted by molar-refractivity contribution is 6.06. The molecule has 0 spiro atoms. The van der Waals surface area contributed by atoms with E-state index in [0.29, 0.717) is 11.8 Å². The molecule has 1 aromatic heterocycles. The highest BCUT2D eigenvalue weighted by Crippen LogP contribution is 2.38. The smallest absolute Gasteiger partial charge is 0.331 e. The molecule has 1 fully saturated rings. The molecule has 0 atom stereocenters. The molecule has 7 heteroatoms. The van der Waals surface area contributed by atoms with Crippen LogP contribution in [-0.4, -0.2) is 36.1 Å². The van der Waals surface area contributed by atoms with Crippen molar-refractivity contribution < 1.29 is 23.9 Å². The normalized spacial score (nSPS) is 13.3. The maximum Gasteiger partial charge on any atom is 0.331 e. The van der Waals surface area contributed by atoms with Crippen LogP contribution < -0.4 is 10.1 Å². The van der Waals surface area contributed by atoms with E-state index in [2.05, 4.69) is 9.88 Å². The van der Waals surface area contributed by atoms with Crippen molar-refractivity contribution in [3.8, 4) is 5.75 Å². The number of benzene rings is 1. The molecule has 0 unspecified atom stereocenters. The van der Waals surface area contributed by atoms with E-state index in [4.69, 9.17) is 9.47 Å². The predicted molar refractivity (Wildman–Crippen MR) is 108 cm³/mol. The maximum atomic E-state index is 12.2.